The van der Waals surface area contributed by atoms with Crippen LogP contribution >= 0.6 is 0 Å². The zero-order valence-corrected chi connectivity index (χ0v) is 8.54. The van der Waals surface area contributed by atoms with Crippen LogP contribution in [0.4, 0.5) is 0 Å². The highest BCUT2D eigenvalue weighted by Crippen LogP contribution is 2.24. The predicted molar refractivity (Wildman–Crippen MR) is 61.5 cm³/mol. The van der Waals surface area contributed by atoms with E-state index in [0.29, 0.717) is 5.65 Å². The summed E-state index contributed by atoms with van der Waals surface area (Å²) in [5.41, 5.74) is 1.79. The number of hydrogen-bond donors (Lipinski definition) is 1. The van der Waals surface area contributed by atoms with E-state index in [1.165, 1.54) is 6.33 Å². The molecule has 0 radical (unpaired) electrons. The zero-order chi connectivity index (χ0) is 11.8. The topological polar surface area (TPSA) is 88.1 Å². The maximum Gasteiger partial charge on any atom is 0.316 e. The molecule has 2 heterocycles. The molecule has 82 valence electrons. The maximum absolute atomic E-state index is 11.2. The summed E-state index contributed by atoms with van der Waals surface area (Å²) in [7, 11) is 0. The Kier molecular flexibility index (Phi) is 1.94. The molecule has 1 amide bonds. The predicted octanol–water partition coefficient (Wildman–Crippen LogP) is 2.02. The van der Waals surface area contributed by atoms with Gasteiger partial charge in [0.15, 0.2) is 0 Å². The molecule has 0 aliphatic rings. The standard InChI is InChI=1S/C11H6N4O2/c16-11(15-17)6-1-2-9-7(3-6)8-4-12-5-13-10(8)14-9/h1-5H,(H,12,13,14). The molecule has 0 bridgehead atoms. The van der Waals surface area contributed by atoms with Crippen LogP contribution < -0.4 is 0 Å². The highest BCUT2D eigenvalue weighted by atomic mass is 16.3. The van der Waals surface area contributed by atoms with Gasteiger partial charge in [-0.05, 0) is 18.2 Å². The van der Waals surface area contributed by atoms with Crippen LogP contribution in [0.25, 0.3) is 21.9 Å². The number of hydrogen-bond acceptors (Lipinski definition) is 4. The van der Waals surface area contributed by atoms with Gasteiger partial charge in [-0.15, -0.1) is 4.91 Å². The second kappa shape index (κ2) is 3.44. The molecule has 17 heavy (non-hydrogen) atoms. The zero-order valence-electron chi connectivity index (χ0n) is 8.54. The van der Waals surface area contributed by atoms with E-state index in [0.717, 1.165) is 16.3 Å². The minimum absolute atomic E-state index is 0.261. The largest absolute Gasteiger partial charge is 0.339 e. The molecule has 0 spiro atoms. The first kappa shape index (κ1) is 9.59. The van der Waals surface area contributed by atoms with Crippen molar-refractivity contribution >= 4 is 27.8 Å². The molecule has 6 heteroatoms. The van der Waals surface area contributed by atoms with Crippen molar-refractivity contribution in [1.82, 2.24) is 15.0 Å². The normalized spacial score (nSPS) is 10.8. The summed E-state index contributed by atoms with van der Waals surface area (Å²) in [6.07, 6.45) is 3.10. The number of carbonyl (C=O) groups is 1. The van der Waals surface area contributed by atoms with Crippen molar-refractivity contribution in [2.75, 3.05) is 0 Å². The Labute approximate surface area is 94.7 Å². The molecule has 0 fully saturated rings. The third-order valence-corrected chi connectivity index (χ3v) is 2.60. The molecule has 1 N–H and O–H groups in total. The molecule has 0 unspecified atom stereocenters. The van der Waals surface area contributed by atoms with E-state index in [2.05, 4.69) is 20.1 Å². The molecule has 0 aliphatic carbocycles. The van der Waals surface area contributed by atoms with Crippen LogP contribution in [0.15, 0.2) is 35.9 Å². The Morgan fingerprint density at radius 1 is 1.29 bits per heavy atom. The van der Waals surface area contributed by atoms with Crippen molar-refractivity contribution in [2.24, 2.45) is 5.18 Å². The number of benzene rings is 1. The maximum atomic E-state index is 11.2. The minimum atomic E-state index is -0.780. The van der Waals surface area contributed by atoms with E-state index < -0.39 is 5.91 Å². The van der Waals surface area contributed by atoms with Crippen LogP contribution in [0, 0.1) is 4.91 Å². The number of aromatic nitrogens is 3. The molecule has 0 saturated carbocycles. The number of fused-ring (bicyclic) bond motifs is 3. The van der Waals surface area contributed by atoms with Crippen molar-refractivity contribution in [3.05, 3.63) is 41.2 Å². The molecule has 3 rings (SSSR count). The molecule has 0 aliphatic heterocycles. The van der Waals surface area contributed by atoms with Crippen LogP contribution in [0.1, 0.15) is 10.4 Å². The van der Waals surface area contributed by atoms with Gasteiger partial charge in [-0.1, -0.05) is 0 Å². The molecule has 1 aromatic carbocycles. The van der Waals surface area contributed by atoms with Gasteiger partial charge >= 0.3 is 5.91 Å². The van der Waals surface area contributed by atoms with Crippen LogP contribution in [0.5, 0.6) is 0 Å². The number of carbonyl (C=O) groups excluding carboxylic acids is 1. The fraction of sp³-hybridized carbons (Fsp3) is 0. The molecule has 0 saturated heterocycles. The summed E-state index contributed by atoms with van der Waals surface area (Å²) in [5, 5.41) is 4.01. The number of H-pyrrole nitrogens is 1. The third-order valence-electron chi connectivity index (χ3n) is 2.60. The number of nitrogens with zero attached hydrogens (tertiary/aromatic N) is 3. The number of nitroso groups, excluding NO2 is 1. The van der Waals surface area contributed by atoms with E-state index in [4.69, 9.17) is 0 Å². The quantitative estimate of drug-likeness (QED) is 0.643. The Morgan fingerprint density at radius 3 is 3.00 bits per heavy atom. The van der Waals surface area contributed by atoms with Crippen molar-refractivity contribution < 1.29 is 4.79 Å². The summed E-state index contributed by atoms with van der Waals surface area (Å²) in [6.45, 7) is 0. The molecule has 2 aromatic heterocycles. The second-order valence-electron chi connectivity index (χ2n) is 3.57. The Morgan fingerprint density at radius 2 is 2.18 bits per heavy atom. The summed E-state index contributed by atoms with van der Waals surface area (Å²) in [6, 6.07) is 4.88. The average Bonchev–Trinajstić information content (AvgIpc) is 2.75. The fourth-order valence-electron chi connectivity index (χ4n) is 1.82. The molecular weight excluding hydrogens is 220 g/mol. The fourth-order valence-corrected chi connectivity index (χ4v) is 1.82. The van der Waals surface area contributed by atoms with Gasteiger partial charge in [-0.3, -0.25) is 4.79 Å². The first-order valence-electron chi connectivity index (χ1n) is 4.89. The second-order valence-corrected chi connectivity index (χ2v) is 3.57. The summed E-state index contributed by atoms with van der Waals surface area (Å²) >= 11 is 0. The van der Waals surface area contributed by atoms with Gasteiger partial charge in [0.25, 0.3) is 0 Å². The Balaban J connectivity index is 2.37. The van der Waals surface area contributed by atoms with E-state index in [1.54, 1.807) is 24.4 Å². The Hall–Kier alpha value is -2.63. The van der Waals surface area contributed by atoms with Crippen LogP contribution in [-0.2, 0) is 0 Å². The van der Waals surface area contributed by atoms with Crippen LogP contribution in [0.2, 0.25) is 0 Å². The lowest BCUT2D eigenvalue weighted by Gasteiger charge is -1.93. The van der Waals surface area contributed by atoms with Crippen LogP contribution in [0.3, 0.4) is 0 Å². The smallest absolute Gasteiger partial charge is 0.316 e. The van der Waals surface area contributed by atoms with Gasteiger partial charge in [-0.25, -0.2) is 9.97 Å². The van der Waals surface area contributed by atoms with Crippen molar-refractivity contribution in [3.8, 4) is 0 Å². The van der Waals surface area contributed by atoms with Gasteiger partial charge in [0, 0.05) is 33.2 Å². The van der Waals surface area contributed by atoms with E-state index in [-0.39, 0.29) is 5.56 Å². The number of aromatic amines is 1. The van der Waals surface area contributed by atoms with Gasteiger partial charge < -0.3 is 4.98 Å². The lowest BCUT2D eigenvalue weighted by molar-refractivity contribution is 0.100. The Bertz CT molecular complexity index is 747. The van der Waals surface area contributed by atoms with Gasteiger partial charge in [0.2, 0.25) is 0 Å². The minimum Gasteiger partial charge on any atom is -0.339 e. The van der Waals surface area contributed by atoms with Gasteiger partial charge in [-0.2, -0.15) is 0 Å². The molecular formula is C11H6N4O2. The third kappa shape index (κ3) is 1.38. The average molecular weight is 226 g/mol. The highest BCUT2D eigenvalue weighted by Gasteiger charge is 2.10. The van der Waals surface area contributed by atoms with Crippen molar-refractivity contribution in [3.63, 3.8) is 0 Å². The molecule has 0 atom stereocenters. The number of rotatable bonds is 1. The van der Waals surface area contributed by atoms with Gasteiger partial charge in [0.1, 0.15) is 12.0 Å². The van der Waals surface area contributed by atoms with E-state index in [9.17, 15) is 9.70 Å². The molecule has 6 nitrogen and oxygen atoms in total. The van der Waals surface area contributed by atoms with Gasteiger partial charge in [0.05, 0.1) is 0 Å². The summed E-state index contributed by atoms with van der Waals surface area (Å²) in [4.78, 5) is 32.5. The SMILES string of the molecule is O=NC(=O)c1ccc2[nH]c3ncncc3c2c1. The van der Waals surface area contributed by atoms with Crippen LogP contribution in [-0.4, -0.2) is 20.9 Å². The van der Waals surface area contributed by atoms with E-state index >= 15 is 0 Å². The first-order chi connectivity index (χ1) is 8.29. The lowest BCUT2D eigenvalue weighted by Crippen LogP contribution is -1.92. The van der Waals surface area contributed by atoms with Crippen molar-refractivity contribution in [1.29, 1.82) is 0 Å². The van der Waals surface area contributed by atoms with Crippen molar-refractivity contribution in [2.45, 2.75) is 0 Å². The lowest BCUT2D eigenvalue weighted by atomic mass is 10.1. The summed E-state index contributed by atoms with van der Waals surface area (Å²) in [5.74, 6) is -0.780. The monoisotopic (exact) mass is 226 g/mol. The molecule has 3 aromatic rings. The first-order valence-corrected chi connectivity index (χ1v) is 4.89. The summed E-state index contributed by atoms with van der Waals surface area (Å²) < 4.78 is 0. The number of amides is 1. The number of nitrogens with one attached hydrogen (secondary N) is 1. The highest BCUT2D eigenvalue weighted by molar-refractivity contribution is 6.08. The van der Waals surface area contributed by atoms with E-state index in [1.807, 2.05) is 0 Å².